The van der Waals surface area contributed by atoms with Gasteiger partial charge in [-0.05, 0) is 38.5 Å². The van der Waals surface area contributed by atoms with Gasteiger partial charge in [-0.3, -0.25) is 4.57 Å². The number of hydrogen-bond donors (Lipinski definition) is 0. The quantitative estimate of drug-likeness (QED) is 0.811. The Labute approximate surface area is 149 Å². The number of aromatic nitrogens is 3. The number of nitrogens with zero attached hydrogens (tertiary/aromatic N) is 4. The maximum Gasteiger partial charge on any atom is 0.345 e. The average Bonchev–Trinajstić information content (AvgIpc) is 3.42. The molecule has 3 aliphatic rings. The summed E-state index contributed by atoms with van der Waals surface area (Å²) in [4.78, 5) is 12.3. The zero-order valence-electron chi connectivity index (χ0n) is 14.9. The van der Waals surface area contributed by atoms with Crippen molar-refractivity contribution in [2.24, 2.45) is 7.05 Å². The second-order valence-corrected chi connectivity index (χ2v) is 10.1. The van der Waals surface area contributed by atoms with Crippen LogP contribution in [0.5, 0.6) is 0 Å². The fourth-order valence-electron chi connectivity index (χ4n) is 4.40. The van der Waals surface area contributed by atoms with Crippen LogP contribution in [0.15, 0.2) is 4.79 Å². The summed E-state index contributed by atoms with van der Waals surface area (Å²) in [7, 11) is -1.47. The van der Waals surface area contributed by atoms with E-state index in [2.05, 4.69) is 5.10 Å². The standard InChI is InChI=1S/C17H28N4O3S/c1-19-17(22)21(14-7-8-14)16(18-19)13-9-11-20(12-10-13)25(23,24)15-5-3-2-4-6-15/h13-15H,2-12H2,1H3. The molecule has 7 nitrogen and oxygen atoms in total. The minimum Gasteiger partial charge on any atom is -0.276 e. The summed E-state index contributed by atoms with van der Waals surface area (Å²) < 4.78 is 30.7. The van der Waals surface area contributed by atoms with Crippen LogP contribution in [0, 0.1) is 0 Å². The van der Waals surface area contributed by atoms with Crippen LogP contribution in [0.25, 0.3) is 0 Å². The second-order valence-electron chi connectivity index (χ2n) is 7.84. The van der Waals surface area contributed by atoms with E-state index in [-0.39, 0.29) is 16.9 Å². The van der Waals surface area contributed by atoms with Gasteiger partial charge in [0.05, 0.1) is 5.25 Å². The molecule has 1 aromatic heterocycles. The molecule has 0 aromatic carbocycles. The molecule has 0 N–H and O–H groups in total. The monoisotopic (exact) mass is 368 g/mol. The van der Waals surface area contributed by atoms with Crippen LogP contribution in [0.3, 0.4) is 0 Å². The van der Waals surface area contributed by atoms with Crippen LogP contribution >= 0.6 is 0 Å². The molecule has 1 aromatic rings. The highest BCUT2D eigenvalue weighted by molar-refractivity contribution is 7.89. The van der Waals surface area contributed by atoms with Gasteiger partial charge in [-0.2, -0.15) is 5.10 Å². The SMILES string of the molecule is Cn1nc(C2CCN(S(=O)(=O)C3CCCCC3)CC2)n(C2CC2)c1=O. The molecule has 1 saturated heterocycles. The molecular formula is C17H28N4O3S. The van der Waals surface area contributed by atoms with E-state index in [4.69, 9.17) is 0 Å². The molecule has 3 fully saturated rings. The molecule has 8 heteroatoms. The Morgan fingerprint density at radius 1 is 0.960 bits per heavy atom. The summed E-state index contributed by atoms with van der Waals surface area (Å²) in [6.07, 6.45) is 8.45. The lowest BCUT2D eigenvalue weighted by molar-refractivity contribution is 0.301. The molecule has 0 unspecified atom stereocenters. The summed E-state index contributed by atoms with van der Waals surface area (Å²) in [6.45, 7) is 1.11. The van der Waals surface area contributed by atoms with Crippen LogP contribution in [0.2, 0.25) is 0 Å². The first-order valence-corrected chi connectivity index (χ1v) is 11.1. The highest BCUT2D eigenvalue weighted by atomic mass is 32.2. The molecule has 0 bridgehead atoms. The van der Waals surface area contributed by atoms with E-state index in [0.29, 0.717) is 19.1 Å². The molecule has 25 heavy (non-hydrogen) atoms. The summed E-state index contributed by atoms with van der Waals surface area (Å²) >= 11 is 0. The fraction of sp³-hybridized carbons (Fsp3) is 0.882. The zero-order chi connectivity index (χ0) is 17.6. The van der Waals surface area contributed by atoms with Gasteiger partial charge >= 0.3 is 5.69 Å². The molecule has 0 radical (unpaired) electrons. The number of aryl methyl sites for hydroxylation is 1. The minimum atomic E-state index is -3.17. The van der Waals surface area contributed by atoms with Crippen LogP contribution in [0.4, 0.5) is 0 Å². The van der Waals surface area contributed by atoms with Crippen molar-refractivity contribution in [1.29, 1.82) is 0 Å². The third-order valence-electron chi connectivity index (χ3n) is 6.05. The van der Waals surface area contributed by atoms with Crippen LogP contribution in [-0.2, 0) is 17.1 Å². The topological polar surface area (TPSA) is 77.2 Å². The fourth-order valence-corrected chi connectivity index (χ4v) is 6.47. The van der Waals surface area contributed by atoms with Crippen molar-refractivity contribution in [2.75, 3.05) is 13.1 Å². The van der Waals surface area contributed by atoms with Crippen molar-refractivity contribution in [2.45, 2.75) is 75.0 Å². The van der Waals surface area contributed by atoms with E-state index in [0.717, 1.165) is 63.6 Å². The molecule has 0 atom stereocenters. The smallest absolute Gasteiger partial charge is 0.276 e. The number of sulfonamides is 1. The zero-order valence-corrected chi connectivity index (χ0v) is 15.7. The van der Waals surface area contributed by atoms with Gasteiger partial charge < -0.3 is 0 Å². The minimum absolute atomic E-state index is 0.0326. The summed E-state index contributed by atoms with van der Waals surface area (Å²) in [6, 6.07) is 0.306. The van der Waals surface area contributed by atoms with Crippen molar-refractivity contribution in [3.8, 4) is 0 Å². The summed E-state index contributed by atoms with van der Waals surface area (Å²) in [5.41, 5.74) is -0.0326. The van der Waals surface area contributed by atoms with Gasteiger partial charge in [-0.1, -0.05) is 19.3 Å². The molecule has 0 spiro atoms. The van der Waals surface area contributed by atoms with Gasteiger partial charge in [-0.25, -0.2) is 22.2 Å². The Bertz CT molecular complexity index is 779. The van der Waals surface area contributed by atoms with E-state index >= 15 is 0 Å². The van der Waals surface area contributed by atoms with E-state index in [9.17, 15) is 13.2 Å². The maximum atomic E-state index is 12.9. The summed E-state index contributed by atoms with van der Waals surface area (Å²) in [5.74, 6) is 1.05. The van der Waals surface area contributed by atoms with Gasteiger partial charge in [0, 0.05) is 32.1 Å². The molecule has 2 heterocycles. The predicted molar refractivity (Wildman–Crippen MR) is 95.1 cm³/mol. The molecule has 4 rings (SSSR count). The highest BCUT2D eigenvalue weighted by Gasteiger charge is 2.38. The maximum absolute atomic E-state index is 12.9. The summed E-state index contributed by atoms with van der Waals surface area (Å²) in [5, 5.41) is 4.29. The van der Waals surface area contributed by atoms with Crippen molar-refractivity contribution in [1.82, 2.24) is 18.7 Å². The first-order chi connectivity index (χ1) is 12.0. The molecule has 140 valence electrons. The average molecular weight is 369 g/mol. The first kappa shape index (κ1) is 17.3. The molecule has 0 amide bonds. The van der Waals surface area contributed by atoms with Crippen molar-refractivity contribution in [3.05, 3.63) is 16.3 Å². The Hall–Kier alpha value is -1.15. The molecule has 2 aliphatic carbocycles. The Morgan fingerprint density at radius 3 is 2.20 bits per heavy atom. The number of piperidine rings is 1. The van der Waals surface area contributed by atoms with E-state index in [1.54, 1.807) is 11.4 Å². The number of hydrogen-bond acceptors (Lipinski definition) is 4. The third-order valence-corrected chi connectivity index (χ3v) is 8.45. The van der Waals surface area contributed by atoms with Crippen LogP contribution in [0.1, 0.15) is 75.6 Å². The largest absolute Gasteiger partial charge is 0.345 e. The van der Waals surface area contributed by atoms with Gasteiger partial charge in [0.1, 0.15) is 5.82 Å². The van der Waals surface area contributed by atoms with Gasteiger partial charge in [-0.15, -0.1) is 0 Å². The molecular weight excluding hydrogens is 340 g/mol. The van der Waals surface area contributed by atoms with Crippen molar-refractivity contribution in [3.63, 3.8) is 0 Å². The van der Waals surface area contributed by atoms with Gasteiger partial charge in [0.2, 0.25) is 10.0 Å². The second kappa shape index (κ2) is 6.54. The van der Waals surface area contributed by atoms with E-state index in [1.807, 2.05) is 4.57 Å². The van der Waals surface area contributed by atoms with E-state index in [1.165, 1.54) is 4.68 Å². The predicted octanol–water partition coefficient (Wildman–Crippen LogP) is 1.76. The lowest BCUT2D eigenvalue weighted by Gasteiger charge is -2.34. The van der Waals surface area contributed by atoms with Gasteiger partial charge in [0.25, 0.3) is 0 Å². The lowest BCUT2D eigenvalue weighted by atomic mass is 9.97. The Balaban J connectivity index is 1.47. The third kappa shape index (κ3) is 3.18. The Kier molecular flexibility index (Phi) is 4.52. The van der Waals surface area contributed by atoms with Crippen molar-refractivity contribution >= 4 is 10.0 Å². The first-order valence-electron chi connectivity index (χ1n) is 9.63. The van der Waals surface area contributed by atoms with Crippen LogP contribution in [-0.4, -0.2) is 45.4 Å². The Morgan fingerprint density at radius 2 is 1.60 bits per heavy atom. The van der Waals surface area contributed by atoms with Crippen LogP contribution < -0.4 is 5.69 Å². The number of rotatable bonds is 4. The lowest BCUT2D eigenvalue weighted by Crippen LogP contribution is -2.44. The molecule has 1 aliphatic heterocycles. The molecule has 2 saturated carbocycles. The van der Waals surface area contributed by atoms with Gasteiger partial charge in [0.15, 0.2) is 0 Å². The normalized spacial score (nSPS) is 24.7. The van der Waals surface area contributed by atoms with E-state index < -0.39 is 10.0 Å². The van der Waals surface area contributed by atoms with Crippen molar-refractivity contribution < 1.29 is 8.42 Å². The highest BCUT2D eigenvalue weighted by Crippen LogP contribution is 2.38.